The van der Waals surface area contributed by atoms with Gasteiger partial charge in [-0.1, -0.05) is 15.9 Å². The number of esters is 1. The number of ether oxygens (including phenoxy) is 2. The SMILES string of the molecule is CCOC(=O)[C@@H]1[C@H]2O[C@@]3(CC2Br)[C@H](C(=O)NC(C)(C)C)N(CCCCCO)C(=O)[C@@H]13. The van der Waals surface area contributed by atoms with Crippen molar-refractivity contribution < 1.29 is 29.0 Å². The zero-order valence-corrected chi connectivity index (χ0v) is 19.7. The van der Waals surface area contributed by atoms with Crippen molar-refractivity contribution in [1.82, 2.24) is 10.2 Å². The zero-order valence-electron chi connectivity index (χ0n) is 18.2. The molecule has 2 bridgehead atoms. The maximum Gasteiger partial charge on any atom is 0.312 e. The number of fused-ring (bicyclic) bond motifs is 1. The number of aliphatic hydroxyl groups excluding tert-OH is 1. The summed E-state index contributed by atoms with van der Waals surface area (Å²) in [7, 11) is 0. The van der Waals surface area contributed by atoms with Gasteiger partial charge in [-0.3, -0.25) is 14.4 Å². The molecule has 6 atom stereocenters. The van der Waals surface area contributed by atoms with Crippen LogP contribution in [0.15, 0.2) is 0 Å². The minimum Gasteiger partial charge on any atom is -0.466 e. The number of likely N-dealkylation sites (tertiary alicyclic amines) is 1. The Balaban J connectivity index is 1.95. The quantitative estimate of drug-likeness (QED) is 0.303. The third-order valence-corrected chi connectivity index (χ3v) is 7.00. The molecule has 30 heavy (non-hydrogen) atoms. The summed E-state index contributed by atoms with van der Waals surface area (Å²) in [5.41, 5.74) is -1.51. The van der Waals surface area contributed by atoms with Crippen molar-refractivity contribution in [3.05, 3.63) is 0 Å². The first-order valence-corrected chi connectivity index (χ1v) is 11.7. The van der Waals surface area contributed by atoms with Gasteiger partial charge in [-0.15, -0.1) is 0 Å². The van der Waals surface area contributed by atoms with Crippen molar-refractivity contribution in [2.45, 2.75) is 81.5 Å². The summed E-state index contributed by atoms with van der Waals surface area (Å²) in [5.74, 6) is -2.35. The van der Waals surface area contributed by atoms with Crippen LogP contribution in [0.2, 0.25) is 0 Å². The second-order valence-corrected chi connectivity index (χ2v) is 10.6. The van der Waals surface area contributed by atoms with E-state index in [0.29, 0.717) is 25.8 Å². The molecule has 170 valence electrons. The zero-order chi connectivity index (χ0) is 22.3. The second kappa shape index (κ2) is 8.74. The first-order valence-electron chi connectivity index (χ1n) is 10.8. The molecule has 3 aliphatic rings. The molecule has 0 aliphatic carbocycles. The van der Waals surface area contributed by atoms with Gasteiger partial charge in [0.2, 0.25) is 11.8 Å². The summed E-state index contributed by atoms with van der Waals surface area (Å²) in [6, 6.07) is -0.798. The smallest absolute Gasteiger partial charge is 0.312 e. The Morgan fingerprint density at radius 3 is 2.63 bits per heavy atom. The van der Waals surface area contributed by atoms with Gasteiger partial charge in [0.05, 0.1) is 24.5 Å². The third kappa shape index (κ3) is 4.00. The van der Waals surface area contributed by atoms with Gasteiger partial charge in [-0.25, -0.2) is 0 Å². The van der Waals surface area contributed by atoms with Crippen LogP contribution >= 0.6 is 15.9 Å². The molecule has 8 nitrogen and oxygen atoms in total. The monoisotopic (exact) mass is 488 g/mol. The molecular weight excluding hydrogens is 456 g/mol. The van der Waals surface area contributed by atoms with Crippen LogP contribution in [0.5, 0.6) is 0 Å². The number of hydrogen-bond acceptors (Lipinski definition) is 6. The summed E-state index contributed by atoms with van der Waals surface area (Å²) in [6.45, 7) is 8.11. The lowest BCUT2D eigenvalue weighted by Crippen LogP contribution is -2.58. The van der Waals surface area contributed by atoms with Crippen molar-refractivity contribution in [3.8, 4) is 0 Å². The minimum atomic E-state index is -1.04. The largest absolute Gasteiger partial charge is 0.466 e. The average molecular weight is 489 g/mol. The van der Waals surface area contributed by atoms with Gasteiger partial charge >= 0.3 is 5.97 Å². The number of carbonyl (C=O) groups is 3. The predicted molar refractivity (Wildman–Crippen MR) is 113 cm³/mol. The van der Waals surface area contributed by atoms with Crippen LogP contribution in [0.25, 0.3) is 0 Å². The molecule has 0 saturated carbocycles. The van der Waals surface area contributed by atoms with E-state index in [0.717, 1.165) is 6.42 Å². The fourth-order valence-corrected chi connectivity index (χ4v) is 6.13. The van der Waals surface area contributed by atoms with Crippen molar-refractivity contribution in [2.24, 2.45) is 11.8 Å². The van der Waals surface area contributed by atoms with Crippen LogP contribution in [-0.4, -0.2) is 75.7 Å². The maximum atomic E-state index is 13.5. The lowest BCUT2D eigenvalue weighted by atomic mass is 9.70. The fourth-order valence-electron chi connectivity index (χ4n) is 5.19. The summed E-state index contributed by atoms with van der Waals surface area (Å²) in [4.78, 5) is 41.1. The van der Waals surface area contributed by atoms with E-state index in [9.17, 15) is 14.4 Å². The van der Waals surface area contributed by atoms with E-state index in [1.165, 1.54) is 0 Å². The molecule has 3 heterocycles. The fraction of sp³-hybridized carbons (Fsp3) is 0.857. The van der Waals surface area contributed by atoms with E-state index < -0.39 is 41.1 Å². The van der Waals surface area contributed by atoms with Crippen molar-refractivity contribution in [1.29, 1.82) is 0 Å². The molecular formula is C21H33BrN2O6. The Morgan fingerprint density at radius 1 is 1.33 bits per heavy atom. The van der Waals surface area contributed by atoms with E-state index in [1.807, 2.05) is 20.8 Å². The molecule has 0 aromatic rings. The van der Waals surface area contributed by atoms with E-state index in [2.05, 4.69) is 21.2 Å². The van der Waals surface area contributed by atoms with Crippen LogP contribution in [-0.2, 0) is 23.9 Å². The number of carbonyl (C=O) groups excluding carboxylic acids is 3. The van der Waals surface area contributed by atoms with Gasteiger partial charge in [0.15, 0.2) is 0 Å². The normalized spacial score (nSPS) is 34.9. The number of alkyl halides is 1. The van der Waals surface area contributed by atoms with Gasteiger partial charge in [-0.05, 0) is 53.4 Å². The highest BCUT2D eigenvalue weighted by Gasteiger charge is 2.76. The predicted octanol–water partition coefficient (Wildman–Crippen LogP) is 1.37. The Bertz CT molecular complexity index is 695. The topological polar surface area (TPSA) is 105 Å². The second-order valence-electron chi connectivity index (χ2n) is 9.47. The molecule has 3 rings (SSSR count). The Labute approximate surface area is 186 Å². The van der Waals surface area contributed by atoms with Gasteiger partial charge in [0.1, 0.15) is 11.6 Å². The van der Waals surface area contributed by atoms with Gasteiger partial charge in [-0.2, -0.15) is 0 Å². The number of unbranched alkanes of at least 4 members (excludes halogenated alkanes) is 2. The molecule has 9 heteroatoms. The number of nitrogens with zero attached hydrogens (tertiary/aromatic N) is 1. The highest BCUT2D eigenvalue weighted by Crippen LogP contribution is 2.60. The molecule has 1 unspecified atom stereocenters. The van der Waals surface area contributed by atoms with Crippen LogP contribution in [0.4, 0.5) is 0 Å². The Morgan fingerprint density at radius 2 is 2.03 bits per heavy atom. The molecule has 2 amide bonds. The molecule has 0 aromatic heterocycles. The van der Waals surface area contributed by atoms with E-state index >= 15 is 0 Å². The molecule has 3 aliphatic heterocycles. The van der Waals surface area contributed by atoms with Crippen molar-refractivity contribution >= 4 is 33.7 Å². The van der Waals surface area contributed by atoms with Crippen LogP contribution < -0.4 is 5.32 Å². The molecule has 3 fully saturated rings. The molecule has 3 saturated heterocycles. The Kier molecular flexibility index (Phi) is 6.84. The van der Waals surface area contributed by atoms with E-state index in [1.54, 1.807) is 11.8 Å². The first kappa shape index (κ1) is 23.5. The minimum absolute atomic E-state index is 0.0927. The maximum absolute atomic E-state index is 13.5. The standard InChI is InChI=1S/C21H33BrN2O6/c1-5-29-19(28)13-14-18(27)24(9-7-6-8-10-25)16(17(26)23-20(2,3)4)21(14)11-12(22)15(13)30-21/h12-16,25H,5-11H2,1-4H3,(H,23,26)/t12?,13-,14+,15-,16-,21+/m0/s1. The van der Waals surface area contributed by atoms with Crippen LogP contribution in [0.3, 0.4) is 0 Å². The van der Waals surface area contributed by atoms with E-state index in [-0.39, 0.29) is 29.9 Å². The van der Waals surface area contributed by atoms with Gasteiger partial charge in [0, 0.05) is 23.5 Å². The van der Waals surface area contributed by atoms with Crippen LogP contribution in [0.1, 0.15) is 53.4 Å². The number of nitrogens with one attached hydrogen (secondary N) is 1. The van der Waals surface area contributed by atoms with Crippen LogP contribution in [0, 0.1) is 11.8 Å². The Hall–Kier alpha value is -1.19. The number of hydrogen-bond donors (Lipinski definition) is 2. The van der Waals surface area contributed by atoms with Gasteiger partial charge < -0.3 is 24.8 Å². The summed E-state index contributed by atoms with van der Waals surface area (Å²) >= 11 is 3.62. The highest BCUT2D eigenvalue weighted by atomic mass is 79.9. The molecule has 2 N–H and O–H groups in total. The lowest BCUT2D eigenvalue weighted by molar-refractivity contribution is -0.154. The number of amides is 2. The van der Waals surface area contributed by atoms with Crippen molar-refractivity contribution in [3.63, 3.8) is 0 Å². The molecule has 0 radical (unpaired) electrons. The highest BCUT2D eigenvalue weighted by molar-refractivity contribution is 9.09. The lowest BCUT2D eigenvalue weighted by Gasteiger charge is -2.35. The van der Waals surface area contributed by atoms with Crippen molar-refractivity contribution in [2.75, 3.05) is 19.8 Å². The average Bonchev–Trinajstić information content (AvgIpc) is 3.21. The first-order chi connectivity index (χ1) is 14.1. The van der Waals surface area contributed by atoms with E-state index in [4.69, 9.17) is 14.6 Å². The number of rotatable bonds is 8. The third-order valence-electron chi connectivity index (χ3n) is 6.15. The summed E-state index contributed by atoms with van der Waals surface area (Å²) in [5, 5.41) is 12.1. The number of halogens is 1. The molecule has 0 aromatic carbocycles. The summed E-state index contributed by atoms with van der Waals surface area (Å²) < 4.78 is 11.6. The molecule has 1 spiro atoms. The van der Waals surface area contributed by atoms with Gasteiger partial charge in [0.25, 0.3) is 0 Å². The summed E-state index contributed by atoms with van der Waals surface area (Å²) in [6.07, 6.45) is 2.05. The number of aliphatic hydroxyl groups is 1.